The minimum absolute atomic E-state index is 0.123. The van der Waals surface area contributed by atoms with Gasteiger partial charge in [0.15, 0.2) is 0 Å². The molecule has 0 radical (unpaired) electrons. The van der Waals surface area contributed by atoms with Crippen LogP contribution in [0, 0.1) is 22.7 Å². The highest BCUT2D eigenvalue weighted by atomic mass is 32.2. The fraction of sp³-hybridized carbons (Fsp3) is 0.286. The summed E-state index contributed by atoms with van der Waals surface area (Å²) in [4.78, 5) is 0. The molecule has 0 aliphatic carbocycles. The summed E-state index contributed by atoms with van der Waals surface area (Å²) >= 11 is 0. The van der Waals surface area contributed by atoms with Crippen molar-refractivity contribution in [1.82, 2.24) is 4.31 Å². The van der Waals surface area contributed by atoms with Gasteiger partial charge < -0.3 is 14.2 Å². The van der Waals surface area contributed by atoms with Gasteiger partial charge in [-0.1, -0.05) is 30.3 Å². The fourth-order valence-corrected chi connectivity index (χ4v) is 5.74. The van der Waals surface area contributed by atoms with Crippen LogP contribution >= 0.6 is 0 Å². The molecule has 3 aromatic carbocycles. The number of rotatable bonds is 11. The largest absolute Gasteiger partial charge is 0.497 e. The smallest absolute Gasteiger partial charge is 0.220 e. The van der Waals surface area contributed by atoms with Crippen molar-refractivity contribution < 1.29 is 22.6 Å². The Hall–Kier alpha value is -3.89. The van der Waals surface area contributed by atoms with Gasteiger partial charge in [-0.15, -0.1) is 0 Å². The lowest BCUT2D eigenvalue weighted by Gasteiger charge is -2.30. The van der Waals surface area contributed by atoms with E-state index in [1.54, 1.807) is 57.5 Å². The lowest BCUT2D eigenvalue weighted by Crippen LogP contribution is -2.40. The van der Waals surface area contributed by atoms with Crippen LogP contribution in [0.5, 0.6) is 11.5 Å². The van der Waals surface area contributed by atoms with Crippen molar-refractivity contribution in [2.45, 2.75) is 31.4 Å². The summed E-state index contributed by atoms with van der Waals surface area (Å²) in [6, 6.07) is 23.0. The number of nitriles is 2. The van der Waals surface area contributed by atoms with E-state index in [9.17, 15) is 18.9 Å². The zero-order valence-corrected chi connectivity index (χ0v) is 22.0. The second-order valence-electron chi connectivity index (χ2n) is 8.40. The summed E-state index contributed by atoms with van der Waals surface area (Å²) in [6.45, 7) is 1.81. The molecule has 0 aliphatic heterocycles. The highest BCUT2D eigenvalue weighted by Gasteiger charge is 2.37. The maximum absolute atomic E-state index is 14.0. The van der Waals surface area contributed by atoms with Gasteiger partial charge in [-0.3, -0.25) is 0 Å². The second-order valence-corrected chi connectivity index (χ2v) is 10.7. The molecule has 0 saturated carbocycles. The van der Waals surface area contributed by atoms with Crippen LogP contribution in [0.25, 0.3) is 0 Å². The van der Waals surface area contributed by atoms with Crippen LogP contribution in [0.1, 0.15) is 40.8 Å². The molecule has 0 aromatic heterocycles. The van der Waals surface area contributed by atoms with Crippen molar-refractivity contribution >= 4 is 10.0 Å². The molecule has 37 heavy (non-hydrogen) atoms. The normalized spacial score (nSPS) is 12.8. The first-order chi connectivity index (χ1) is 17.8. The minimum atomic E-state index is -3.96. The SMILES string of the molecule is COc1ccc(CN(Cc2ccc(OC)cc2)S(=O)(=O)[C@H](C)[C@H](OC)c2ccc(C#N)cc2C#N)cc1. The zero-order valence-electron chi connectivity index (χ0n) is 21.2. The summed E-state index contributed by atoms with van der Waals surface area (Å²) in [5.74, 6) is 1.34. The second kappa shape index (κ2) is 12.4. The van der Waals surface area contributed by atoms with Gasteiger partial charge in [-0.2, -0.15) is 14.8 Å². The molecular weight excluding hydrogens is 490 g/mol. The zero-order chi connectivity index (χ0) is 27.0. The van der Waals surface area contributed by atoms with Crippen molar-refractivity contribution in [1.29, 1.82) is 10.5 Å². The minimum Gasteiger partial charge on any atom is -0.497 e. The summed E-state index contributed by atoms with van der Waals surface area (Å²) in [6.07, 6.45) is -0.929. The molecule has 9 heteroatoms. The number of methoxy groups -OCH3 is 3. The maximum Gasteiger partial charge on any atom is 0.220 e. The maximum atomic E-state index is 14.0. The Kier molecular flexibility index (Phi) is 9.26. The predicted octanol–water partition coefficient (Wildman–Crippen LogP) is 4.56. The summed E-state index contributed by atoms with van der Waals surface area (Å²) in [5.41, 5.74) is 2.50. The van der Waals surface area contributed by atoms with E-state index in [4.69, 9.17) is 14.2 Å². The molecule has 0 heterocycles. The van der Waals surface area contributed by atoms with E-state index in [1.807, 2.05) is 30.3 Å². The Morgan fingerprint density at radius 2 is 1.32 bits per heavy atom. The average Bonchev–Trinajstić information content (AvgIpc) is 2.93. The standard InChI is InChI=1S/C28H29N3O5S/c1-20(28(36-4)27-14-9-23(16-29)15-24(27)17-30)37(32,33)31(18-21-5-10-25(34-2)11-6-21)19-22-7-12-26(35-3)13-8-22/h5-15,20,28H,18-19H2,1-4H3/t20-,28+/m1/s1. The van der Waals surface area contributed by atoms with Crippen LogP contribution in [0.15, 0.2) is 66.7 Å². The van der Waals surface area contributed by atoms with Gasteiger partial charge in [0.2, 0.25) is 10.0 Å². The van der Waals surface area contributed by atoms with Crippen LogP contribution in [0.3, 0.4) is 0 Å². The monoisotopic (exact) mass is 519 g/mol. The lowest BCUT2D eigenvalue weighted by atomic mass is 9.99. The van der Waals surface area contributed by atoms with Crippen molar-refractivity contribution in [3.05, 3.63) is 94.5 Å². The first kappa shape index (κ1) is 27.7. The van der Waals surface area contributed by atoms with Crippen LogP contribution in [-0.4, -0.2) is 39.3 Å². The molecule has 0 fully saturated rings. The third-order valence-corrected chi connectivity index (χ3v) is 8.32. The van der Waals surface area contributed by atoms with E-state index in [1.165, 1.54) is 17.5 Å². The lowest BCUT2D eigenvalue weighted by molar-refractivity contribution is 0.100. The van der Waals surface area contributed by atoms with Gasteiger partial charge in [0.05, 0.1) is 37.5 Å². The van der Waals surface area contributed by atoms with Crippen LogP contribution < -0.4 is 9.47 Å². The number of ether oxygens (including phenoxy) is 3. The molecule has 0 saturated heterocycles. The molecule has 0 unspecified atom stereocenters. The van der Waals surface area contributed by atoms with Gasteiger partial charge in [0.1, 0.15) is 22.9 Å². The van der Waals surface area contributed by atoms with Crippen molar-refractivity contribution in [2.75, 3.05) is 21.3 Å². The van der Waals surface area contributed by atoms with Crippen LogP contribution in [-0.2, 0) is 27.8 Å². The molecule has 0 aliphatic rings. The van der Waals surface area contributed by atoms with Gasteiger partial charge in [0, 0.05) is 20.2 Å². The third-order valence-electron chi connectivity index (χ3n) is 6.16. The molecule has 192 valence electrons. The third kappa shape index (κ3) is 6.46. The summed E-state index contributed by atoms with van der Waals surface area (Å²) < 4.78 is 45.6. The number of hydrogen-bond donors (Lipinski definition) is 0. The van der Waals surface area contributed by atoms with Crippen LogP contribution in [0.2, 0.25) is 0 Å². The summed E-state index contributed by atoms with van der Waals surface area (Å²) in [5, 5.41) is 17.8. The van der Waals surface area contributed by atoms with E-state index in [2.05, 4.69) is 6.07 Å². The first-order valence-electron chi connectivity index (χ1n) is 11.5. The van der Waals surface area contributed by atoms with E-state index >= 15 is 0 Å². The van der Waals surface area contributed by atoms with Gasteiger partial charge in [-0.25, -0.2) is 8.42 Å². The quantitative estimate of drug-likeness (QED) is 0.365. The molecule has 8 nitrogen and oxygen atoms in total. The predicted molar refractivity (Wildman–Crippen MR) is 139 cm³/mol. The van der Waals surface area contributed by atoms with Crippen molar-refractivity contribution in [3.8, 4) is 23.6 Å². The molecule has 0 spiro atoms. The fourth-order valence-electron chi connectivity index (χ4n) is 4.04. The first-order valence-corrected chi connectivity index (χ1v) is 13.0. The number of sulfonamides is 1. The van der Waals surface area contributed by atoms with Crippen molar-refractivity contribution in [2.24, 2.45) is 0 Å². The van der Waals surface area contributed by atoms with Gasteiger partial charge >= 0.3 is 0 Å². The molecular formula is C28H29N3O5S. The van der Waals surface area contributed by atoms with E-state index < -0.39 is 21.4 Å². The van der Waals surface area contributed by atoms with Crippen LogP contribution in [0.4, 0.5) is 0 Å². The van der Waals surface area contributed by atoms with Gasteiger partial charge in [-0.05, 0) is 60.0 Å². The molecule has 3 aromatic rings. The highest BCUT2D eigenvalue weighted by molar-refractivity contribution is 7.89. The average molecular weight is 520 g/mol. The Balaban J connectivity index is 2.00. The number of hydrogen-bond acceptors (Lipinski definition) is 7. The van der Waals surface area contributed by atoms with E-state index in [0.717, 1.165) is 11.1 Å². The highest BCUT2D eigenvalue weighted by Crippen LogP contribution is 2.32. The van der Waals surface area contributed by atoms with Crippen molar-refractivity contribution in [3.63, 3.8) is 0 Å². The Labute approximate surface area is 218 Å². The number of benzene rings is 3. The molecule has 2 atom stereocenters. The Morgan fingerprint density at radius 1 is 0.811 bits per heavy atom. The van der Waals surface area contributed by atoms with E-state index in [0.29, 0.717) is 22.6 Å². The Bertz CT molecular complexity index is 1340. The Morgan fingerprint density at radius 3 is 1.73 bits per heavy atom. The molecule has 0 amide bonds. The number of nitrogens with zero attached hydrogens (tertiary/aromatic N) is 3. The molecule has 0 bridgehead atoms. The topological polar surface area (TPSA) is 113 Å². The summed E-state index contributed by atoms with van der Waals surface area (Å²) in [7, 11) is 0.593. The molecule has 3 rings (SSSR count). The van der Waals surface area contributed by atoms with E-state index in [-0.39, 0.29) is 18.7 Å². The van der Waals surface area contributed by atoms with Gasteiger partial charge in [0.25, 0.3) is 0 Å². The molecule has 0 N–H and O–H groups in total.